The highest BCUT2D eigenvalue weighted by Crippen LogP contribution is 2.28. The molecule has 1 atom stereocenters. The Labute approximate surface area is 215 Å². The number of fused-ring (bicyclic) bond motifs is 1. The van der Waals surface area contributed by atoms with Gasteiger partial charge in [-0.05, 0) is 55.4 Å². The molecule has 4 rings (SSSR count). The average Bonchev–Trinajstić information content (AvgIpc) is 3.28. The minimum absolute atomic E-state index is 0.215. The third-order valence-corrected chi connectivity index (χ3v) is 7.12. The third kappa shape index (κ3) is 6.47. The Balaban J connectivity index is 1.44. The van der Waals surface area contributed by atoms with Crippen LogP contribution in [0.25, 0.3) is 0 Å². The number of nitrogens with one attached hydrogen (secondary N) is 3. The summed E-state index contributed by atoms with van der Waals surface area (Å²) >= 11 is 1.53. The molecule has 1 unspecified atom stereocenters. The van der Waals surface area contributed by atoms with Gasteiger partial charge in [-0.3, -0.25) is 10.1 Å². The monoisotopic (exact) mass is 502 g/mol. The van der Waals surface area contributed by atoms with Crippen LogP contribution < -0.4 is 16.0 Å². The number of carbonyl (C=O) groups is 2. The second-order valence-corrected chi connectivity index (χ2v) is 10.0. The van der Waals surface area contributed by atoms with Gasteiger partial charge in [0.2, 0.25) is 0 Å². The van der Waals surface area contributed by atoms with Gasteiger partial charge in [-0.25, -0.2) is 9.78 Å². The van der Waals surface area contributed by atoms with Crippen molar-refractivity contribution >= 4 is 34.1 Å². The molecule has 0 spiro atoms. The number of aromatic nitrogens is 1. The van der Waals surface area contributed by atoms with Gasteiger partial charge in [-0.1, -0.05) is 31.9 Å². The van der Waals surface area contributed by atoms with Gasteiger partial charge >= 0.3 is 6.03 Å². The molecule has 1 aliphatic heterocycles. The Morgan fingerprint density at radius 1 is 1.19 bits per heavy atom. The maximum Gasteiger partial charge on any atom is 0.319 e. The molecule has 0 saturated carbocycles. The SMILES string of the molecule is CCCCC(NC(=O)Nc1ccc(C#N)cc1)c1cccc(C(=O)Nc2nc3c(s2)CN(C)CC3)c1. The van der Waals surface area contributed by atoms with Crippen molar-refractivity contribution in [3.05, 3.63) is 75.8 Å². The van der Waals surface area contributed by atoms with Crippen LogP contribution in [0.1, 0.15) is 64.3 Å². The molecule has 2 aromatic carbocycles. The standard InChI is InChI=1S/C27H30N6O2S/c1-3-4-8-22(30-26(35)29-21-11-9-18(16-28)10-12-21)19-6-5-7-20(15-19)25(34)32-27-31-23-13-14-33(2)17-24(23)36-27/h5-7,9-12,15,22H,3-4,8,13-14,17H2,1-2H3,(H2,29,30,35)(H,31,32,34). The number of nitriles is 1. The van der Waals surface area contributed by atoms with Crippen molar-refractivity contribution < 1.29 is 9.59 Å². The fourth-order valence-corrected chi connectivity index (χ4v) is 5.21. The number of benzene rings is 2. The third-order valence-electron chi connectivity index (χ3n) is 6.12. The maximum atomic E-state index is 13.0. The molecule has 3 amide bonds. The van der Waals surface area contributed by atoms with E-state index in [1.807, 2.05) is 18.2 Å². The largest absolute Gasteiger partial charge is 0.331 e. The lowest BCUT2D eigenvalue weighted by atomic mass is 9.99. The Morgan fingerprint density at radius 3 is 2.75 bits per heavy atom. The number of amides is 3. The summed E-state index contributed by atoms with van der Waals surface area (Å²) in [7, 11) is 2.08. The topological polar surface area (TPSA) is 110 Å². The van der Waals surface area contributed by atoms with E-state index < -0.39 is 0 Å². The van der Waals surface area contributed by atoms with Gasteiger partial charge in [0.05, 0.1) is 23.4 Å². The summed E-state index contributed by atoms with van der Waals surface area (Å²) < 4.78 is 0. The molecule has 0 saturated heterocycles. The zero-order chi connectivity index (χ0) is 25.5. The molecule has 36 heavy (non-hydrogen) atoms. The van der Waals surface area contributed by atoms with Gasteiger partial charge in [-0.2, -0.15) is 5.26 Å². The highest BCUT2D eigenvalue weighted by Gasteiger charge is 2.20. The number of rotatable bonds is 8. The molecular formula is C27H30N6O2S. The van der Waals surface area contributed by atoms with Crippen LogP contribution in [0.5, 0.6) is 0 Å². The van der Waals surface area contributed by atoms with E-state index in [4.69, 9.17) is 5.26 Å². The molecule has 0 bridgehead atoms. The molecule has 0 fully saturated rings. The van der Waals surface area contributed by atoms with Gasteiger partial charge in [0.15, 0.2) is 5.13 Å². The van der Waals surface area contributed by atoms with E-state index in [9.17, 15) is 9.59 Å². The van der Waals surface area contributed by atoms with Crippen LogP contribution in [-0.4, -0.2) is 35.4 Å². The Bertz CT molecular complexity index is 1260. The minimum atomic E-state index is -0.339. The van der Waals surface area contributed by atoms with Crippen LogP contribution >= 0.6 is 11.3 Å². The lowest BCUT2D eigenvalue weighted by Crippen LogP contribution is -2.32. The van der Waals surface area contributed by atoms with E-state index in [0.717, 1.165) is 50.0 Å². The van der Waals surface area contributed by atoms with E-state index in [0.29, 0.717) is 21.9 Å². The summed E-state index contributed by atoms with van der Waals surface area (Å²) in [6, 6.07) is 15.5. The first-order valence-corrected chi connectivity index (χ1v) is 12.9. The van der Waals surface area contributed by atoms with Crippen LogP contribution in [0, 0.1) is 11.3 Å². The first-order chi connectivity index (χ1) is 17.4. The number of urea groups is 1. The lowest BCUT2D eigenvalue weighted by Gasteiger charge is -2.20. The van der Waals surface area contributed by atoms with Crippen LogP contribution in [-0.2, 0) is 13.0 Å². The fourth-order valence-electron chi connectivity index (χ4n) is 4.13. The highest BCUT2D eigenvalue weighted by molar-refractivity contribution is 7.15. The molecule has 1 aliphatic rings. The summed E-state index contributed by atoms with van der Waals surface area (Å²) in [6.07, 6.45) is 3.55. The number of unbranched alkanes of at least 4 members (excludes halogenated alkanes) is 1. The summed E-state index contributed by atoms with van der Waals surface area (Å²) in [6.45, 7) is 3.92. The van der Waals surface area contributed by atoms with E-state index in [-0.39, 0.29) is 18.0 Å². The van der Waals surface area contributed by atoms with Crippen LogP contribution in [0.15, 0.2) is 48.5 Å². The van der Waals surface area contributed by atoms with Crippen molar-refractivity contribution in [1.29, 1.82) is 5.26 Å². The Kier molecular flexibility index (Phi) is 8.31. The predicted octanol–water partition coefficient (Wildman–Crippen LogP) is 5.31. The number of anilines is 2. The number of hydrogen-bond donors (Lipinski definition) is 3. The first-order valence-electron chi connectivity index (χ1n) is 12.1. The average molecular weight is 503 g/mol. The number of thiazole rings is 1. The van der Waals surface area contributed by atoms with Crippen LogP contribution in [0.3, 0.4) is 0 Å². The Morgan fingerprint density at radius 2 is 2.00 bits per heavy atom. The predicted molar refractivity (Wildman–Crippen MR) is 142 cm³/mol. The number of likely N-dealkylation sites (N-methyl/N-ethyl adjacent to an activating group) is 1. The number of nitrogens with zero attached hydrogens (tertiary/aromatic N) is 3. The molecule has 8 nitrogen and oxygen atoms in total. The molecule has 3 aromatic rings. The molecule has 3 N–H and O–H groups in total. The normalized spacial score (nSPS) is 13.8. The molecule has 0 radical (unpaired) electrons. The van der Waals surface area contributed by atoms with Gasteiger partial charge in [0.1, 0.15) is 0 Å². The van der Waals surface area contributed by atoms with Gasteiger partial charge in [-0.15, -0.1) is 11.3 Å². The van der Waals surface area contributed by atoms with Crippen molar-refractivity contribution in [3.63, 3.8) is 0 Å². The van der Waals surface area contributed by atoms with Gasteiger partial charge in [0, 0.05) is 35.6 Å². The van der Waals surface area contributed by atoms with Crippen molar-refractivity contribution in [2.24, 2.45) is 0 Å². The van der Waals surface area contributed by atoms with E-state index in [1.54, 1.807) is 30.3 Å². The smallest absolute Gasteiger partial charge is 0.319 e. The summed E-state index contributed by atoms with van der Waals surface area (Å²) in [4.78, 5) is 33.8. The van der Waals surface area contributed by atoms with E-state index >= 15 is 0 Å². The molecule has 9 heteroatoms. The second-order valence-electron chi connectivity index (χ2n) is 8.94. The van der Waals surface area contributed by atoms with Crippen LogP contribution in [0.4, 0.5) is 15.6 Å². The quantitative estimate of drug-likeness (QED) is 0.387. The summed E-state index contributed by atoms with van der Waals surface area (Å²) in [5.74, 6) is -0.215. The van der Waals surface area contributed by atoms with Gasteiger partial charge < -0.3 is 15.5 Å². The molecule has 186 valence electrons. The van der Waals surface area contributed by atoms with Crippen LogP contribution in [0.2, 0.25) is 0 Å². The molecule has 2 heterocycles. The maximum absolute atomic E-state index is 13.0. The summed E-state index contributed by atoms with van der Waals surface area (Å²) in [5.41, 5.74) is 3.59. The van der Waals surface area contributed by atoms with Crippen molar-refractivity contribution in [2.75, 3.05) is 24.2 Å². The lowest BCUT2D eigenvalue weighted by molar-refractivity contribution is 0.102. The van der Waals surface area contributed by atoms with E-state index in [2.05, 4.69) is 45.9 Å². The van der Waals surface area contributed by atoms with Crippen molar-refractivity contribution in [3.8, 4) is 6.07 Å². The molecule has 0 aliphatic carbocycles. The fraction of sp³-hybridized carbons (Fsp3) is 0.333. The van der Waals surface area contributed by atoms with Crippen molar-refractivity contribution in [1.82, 2.24) is 15.2 Å². The molecular weight excluding hydrogens is 472 g/mol. The highest BCUT2D eigenvalue weighted by atomic mass is 32.1. The number of carbonyl (C=O) groups excluding carboxylic acids is 2. The number of hydrogen-bond acceptors (Lipinski definition) is 6. The molecule has 1 aromatic heterocycles. The van der Waals surface area contributed by atoms with Crippen molar-refractivity contribution in [2.45, 2.75) is 45.2 Å². The van der Waals surface area contributed by atoms with Gasteiger partial charge in [0.25, 0.3) is 5.91 Å². The zero-order valence-electron chi connectivity index (χ0n) is 20.5. The summed E-state index contributed by atoms with van der Waals surface area (Å²) in [5, 5.41) is 18.4. The van der Waals surface area contributed by atoms with E-state index in [1.165, 1.54) is 16.2 Å². The Hall–Kier alpha value is -3.74. The first kappa shape index (κ1) is 25.4. The zero-order valence-corrected chi connectivity index (χ0v) is 21.3. The second kappa shape index (κ2) is 11.8. The minimum Gasteiger partial charge on any atom is -0.331 e.